The molecule has 224 valence electrons. The summed E-state index contributed by atoms with van der Waals surface area (Å²) in [5.74, 6) is 6.31. The Balaban J connectivity index is 1.07. The number of ether oxygens (including phenoxy) is 3. The third-order valence-electron chi connectivity index (χ3n) is 12.4. The molecule has 3 fully saturated rings. The number of benzene rings is 1. The SMILES string of the molecule is CC(C)CCC[C@@H](C)[C@H]1CC[C@H]2[C@@H]3CC=C4C[C@@H](OC(=O)/C=C/c5ccc6c(c5)OCO6)CC[C@]4(C)[C@H]3CC[C@]12C. The minimum atomic E-state index is -0.251. The molecule has 1 heterocycles. The smallest absolute Gasteiger partial charge is 0.331 e. The first-order chi connectivity index (χ1) is 19.7. The normalized spacial score (nSPS) is 36.4. The summed E-state index contributed by atoms with van der Waals surface area (Å²) in [4.78, 5) is 12.7. The summed E-state index contributed by atoms with van der Waals surface area (Å²) >= 11 is 0. The van der Waals surface area contributed by atoms with Crippen LogP contribution in [0, 0.1) is 46.3 Å². The van der Waals surface area contributed by atoms with Crippen LogP contribution in [0.5, 0.6) is 11.5 Å². The summed E-state index contributed by atoms with van der Waals surface area (Å²) in [5, 5.41) is 0. The lowest BCUT2D eigenvalue weighted by molar-refractivity contribution is -0.145. The Morgan fingerprint density at radius 2 is 1.85 bits per heavy atom. The fourth-order valence-corrected chi connectivity index (χ4v) is 10.1. The number of carbonyl (C=O) groups is 1. The van der Waals surface area contributed by atoms with Crippen LogP contribution in [0.3, 0.4) is 0 Å². The highest BCUT2D eigenvalue weighted by molar-refractivity contribution is 5.87. The highest BCUT2D eigenvalue weighted by atomic mass is 16.7. The van der Waals surface area contributed by atoms with Crippen molar-refractivity contribution in [1.82, 2.24) is 0 Å². The van der Waals surface area contributed by atoms with E-state index in [4.69, 9.17) is 14.2 Å². The molecule has 1 aromatic carbocycles. The van der Waals surface area contributed by atoms with Gasteiger partial charge in [0.2, 0.25) is 6.79 Å². The van der Waals surface area contributed by atoms with E-state index >= 15 is 0 Å². The molecule has 1 aromatic rings. The van der Waals surface area contributed by atoms with Crippen LogP contribution in [0.1, 0.15) is 111 Å². The second-order valence-electron chi connectivity index (χ2n) is 15.0. The predicted octanol–water partition coefficient (Wildman–Crippen LogP) is 9.38. The lowest BCUT2D eigenvalue weighted by Gasteiger charge is -2.58. The van der Waals surface area contributed by atoms with Gasteiger partial charge in [0.25, 0.3) is 0 Å². The van der Waals surface area contributed by atoms with Crippen molar-refractivity contribution in [2.75, 3.05) is 6.79 Å². The van der Waals surface area contributed by atoms with Gasteiger partial charge in [-0.1, -0.05) is 71.6 Å². The van der Waals surface area contributed by atoms with E-state index in [9.17, 15) is 4.79 Å². The molecule has 0 saturated heterocycles. The lowest BCUT2D eigenvalue weighted by atomic mass is 9.47. The van der Waals surface area contributed by atoms with Crippen LogP contribution in [0.15, 0.2) is 35.9 Å². The summed E-state index contributed by atoms with van der Waals surface area (Å²) in [5.41, 5.74) is 3.28. The van der Waals surface area contributed by atoms with E-state index in [2.05, 4.69) is 40.7 Å². The Labute approximate surface area is 248 Å². The molecule has 6 rings (SSSR count). The summed E-state index contributed by atoms with van der Waals surface area (Å²) < 4.78 is 16.8. The van der Waals surface area contributed by atoms with Crippen molar-refractivity contribution < 1.29 is 19.0 Å². The molecule has 4 nitrogen and oxygen atoms in total. The first-order valence-corrected chi connectivity index (χ1v) is 16.6. The van der Waals surface area contributed by atoms with Gasteiger partial charge in [-0.3, -0.25) is 0 Å². The topological polar surface area (TPSA) is 44.8 Å². The highest BCUT2D eigenvalue weighted by Crippen LogP contribution is 2.67. The summed E-state index contributed by atoms with van der Waals surface area (Å²) in [6.45, 7) is 12.8. The zero-order chi connectivity index (χ0) is 28.8. The third-order valence-corrected chi connectivity index (χ3v) is 12.4. The zero-order valence-electron chi connectivity index (χ0n) is 26.1. The Bertz CT molecular complexity index is 1180. The van der Waals surface area contributed by atoms with E-state index in [1.165, 1.54) is 51.4 Å². The molecule has 8 atom stereocenters. The number of rotatable bonds is 8. The van der Waals surface area contributed by atoms with Gasteiger partial charge in [-0.05, 0) is 115 Å². The average Bonchev–Trinajstić information content (AvgIpc) is 3.55. The van der Waals surface area contributed by atoms with Gasteiger partial charge in [0, 0.05) is 12.5 Å². The Morgan fingerprint density at radius 1 is 1.02 bits per heavy atom. The molecule has 0 unspecified atom stereocenters. The zero-order valence-corrected chi connectivity index (χ0v) is 26.1. The number of allylic oxidation sites excluding steroid dienone is 1. The molecule has 1 aliphatic heterocycles. The van der Waals surface area contributed by atoms with Crippen molar-refractivity contribution in [3.05, 3.63) is 41.5 Å². The van der Waals surface area contributed by atoms with Crippen LogP contribution >= 0.6 is 0 Å². The van der Waals surface area contributed by atoms with Crippen LogP contribution in [0.25, 0.3) is 6.08 Å². The molecule has 0 radical (unpaired) electrons. The molecule has 0 spiro atoms. The molecule has 41 heavy (non-hydrogen) atoms. The molecule has 4 heteroatoms. The summed E-state index contributed by atoms with van der Waals surface area (Å²) in [6, 6.07) is 5.71. The van der Waals surface area contributed by atoms with Crippen LogP contribution in [0.4, 0.5) is 0 Å². The van der Waals surface area contributed by atoms with Gasteiger partial charge in [-0.2, -0.15) is 0 Å². The van der Waals surface area contributed by atoms with Gasteiger partial charge in [0.1, 0.15) is 6.10 Å². The van der Waals surface area contributed by atoms with Crippen molar-refractivity contribution in [1.29, 1.82) is 0 Å². The standard InChI is InChI=1S/C37H52O4/c1-24(2)7-6-8-25(3)30-13-14-31-29-12-11-27-22-28(17-19-36(27,4)32(29)18-20-37(30,31)5)41-35(38)16-10-26-9-15-33-34(21-26)40-23-39-33/h9-11,15-16,21,24-25,28-32H,6-8,12-14,17-20,22-23H2,1-5H3/b16-10+/t25-,28+,29+,30-,31+,32+,36+,37-/m1/s1. The lowest BCUT2D eigenvalue weighted by Crippen LogP contribution is -2.51. The van der Waals surface area contributed by atoms with E-state index < -0.39 is 0 Å². The maximum absolute atomic E-state index is 12.7. The molecule has 0 amide bonds. The maximum atomic E-state index is 12.7. The van der Waals surface area contributed by atoms with E-state index in [-0.39, 0.29) is 24.3 Å². The van der Waals surface area contributed by atoms with Crippen molar-refractivity contribution in [2.45, 2.75) is 111 Å². The highest BCUT2D eigenvalue weighted by Gasteiger charge is 2.59. The Kier molecular flexibility index (Phi) is 8.07. The van der Waals surface area contributed by atoms with Crippen LogP contribution in [0.2, 0.25) is 0 Å². The molecule has 4 aliphatic carbocycles. The fourth-order valence-electron chi connectivity index (χ4n) is 10.1. The molecule has 0 aromatic heterocycles. The van der Waals surface area contributed by atoms with Crippen molar-refractivity contribution >= 4 is 12.0 Å². The first-order valence-electron chi connectivity index (χ1n) is 16.6. The number of carbonyl (C=O) groups excluding carboxylic acids is 1. The van der Waals surface area contributed by atoms with Gasteiger partial charge in [-0.15, -0.1) is 0 Å². The molecular weight excluding hydrogens is 508 g/mol. The minimum absolute atomic E-state index is 0.0174. The van der Waals surface area contributed by atoms with Gasteiger partial charge >= 0.3 is 5.97 Å². The maximum Gasteiger partial charge on any atom is 0.331 e. The Morgan fingerprint density at radius 3 is 2.68 bits per heavy atom. The summed E-state index contributed by atoms with van der Waals surface area (Å²) in [7, 11) is 0. The van der Waals surface area contributed by atoms with Crippen LogP contribution < -0.4 is 9.47 Å². The van der Waals surface area contributed by atoms with Gasteiger partial charge in [0.15, 0.2) is 11.5 Å². The van der Waals surface area contributed by atoms with Crippen molar-refractivity contribution in [3.8, 4) is 11.5 Å². The molecule has 3 saturated carbocycles. The second-order valence-corrected chi connectivity index (χ2v) is 15.0. The average molecular weight is 561 g/mol. The van der Waals surface area contributed by atoms with E-state index in [0.29, 0.717) is 5.41 Å². The predicted molar refractivity (Wildman–Crippen MR) is 165 cm³/mol. The van der Waals surface area contributed by atoms with Gasteiger partial charge in [0.05, 0.1) is 0 Å². The number of esters is 1. The molecule has 0 bridgehead atoms. The monoisotopic (exact) mass is 560 g/mol. The summed E-state index contributed by atoms with van der Waals surface area (Å²) in [6.07, 6.45) is 20.0. The third kappa shape index (κ3) is 5.50. The largest absolute Gasteiger partial charge is 0.459 e. The Hall–Kier alpha value is -2.23. The minimum Gasteiger partial charge on any atom is -0.459 e. The fraction of sp³-hybridized carbons (Fsp3) is 0.703. The quantitative estimate of drug-likeness (QED) is 0.180. The van der Waals surface area contributed by atoms with Crippen molar-refractivity contribution in [3.63, 3.8) is 0 Å². The number of hydrogen-bond donors (Lipinski definition) is 0. The molecule has 5 aliphatic rings. The first kappa shape index (κ1) is 28.9. The second kappa shape index (κ2) is 11.5. The van der Waals surface area contributed by atoms with Crippen LogP contribution in [-0.2, 0) is 9.53 Å². The van der Waals surface area contributed by atoms with E-state index in [0.717, 1.165) is 71.8 Å². The number of hydrogen-bond acceptors (Lipinski definition) is 4. The van der Waals surface area contributed by atoms with Crippen LogP contribution in [-0.4, -0.2) is 18.9 Å². The van der Waals surface area contributed by atoms with E-state index in [1.807, 2.05) is 18.2 Å². The molecule has 0 N–H and O–H groups in total. The van der Waals surface area contributed by atoms with Gasteiger partial charge < -0.3 is 14.2 Å². The van der Waals surface area contributed by atoms with Gasteiger partial charge in [-0.25, -0.2) is 4.79 Å². The number of fused-ring (bicyclic) bond motifs is 6. The van der Waals surface area contributed by atoms with E-state index in [1.54, 1.807) is 17.7 Å². The van der Waals surface area contributed by atoms with Crippen molar-refractivity contribution in [2.24, 2.45) is 46.3 Å². The molecular formula is C37H52O4.